The number of halogens is 1. The summed E-state index contributed by atoms with van der Waals surface area (Å²) in [6, 6.07) is 7.30. The van der Waals surface area contributed by atoms with E-state index in [9.17, 15) is 9.59 Å². The highest BCUT2D eigenvalue weighted by atomic mass is 79.9. The van der Waals surface area contributed by atoms with E-state index in [1.807, 2.05) is 18.4 Å². The fourth-order valence-electron chi connectivity index (χ4n) is 1.26. The van der Waals surface area contributed by atoms with Crippen LogP contribution in [0.1, 0.15) is 16.8 Å². The van der Waals surface area contributed by atoms with E-state index in [1.54, 1.807) is 23.9 Å². The molecule has 0 radical (unpaired) electrons. The molecule has 0 saturated heterocycles. The van der Waals surface area contributed by atoms with Crippen LogP contribution in [0.2, 0.25) is 0 Å². The monoisotopic (exact) mass is 316 g/mol. The number of hydrogen-bond acceptors (Lipinski definition) is 4. The first-order chi connectivity index (χ1) is 8.08. The molecule has 17 heavy (non-hydrogen) atoms. The van der Waals surface area contributed by atoms with Crippen LogP contribution in [0, 0.1) is 0 Å². The Bertz CT molecular complexity index is 403. The van der Waals surface area contributed by atoms with Gasteiger partial charge in [0, 0.05) is 10.5 Å². The Hall–Kier alpha value is -0.810. The predicted octanol–water partition coefficient (Wildman–Crippen LogP) is 2.92. The SMILES string of the molecule is COC(=O)CC(Br)C(=O)c1ccc(SC)cc1. The number of alkyl halides is 1. The van der Waals surface area contributed by atoms with Crippen molar-refractivity contribution in [3.8, 4) is 0 Å². The summed E-state index contributed by atoms with van der Waals surface area (Å²) in [6.45, 7) is 0. The smallest absolute Gasteiger partial charge is 0.307 e. The zero-order chi connectivity index (χ0) is 12.8. The lowest BCUT2D eigenvalue weighted by Gasteiger charge is -2.07. The van der Waals surface area contributed by atoms with E-state index in [0.717, 1.165) is 4.90 Å². The van der Waals surface area contributed by atoms with Gasteiger partial charge in [-0.3, -0.25) is 9.59 Å². The first-order valence-corrected chi connectivity index (χ1v) is 7.11. The zero-order valence-corrected chi connectivity index (χ0v) is 12.0. The molecule has 3 nitrogen and oxygen atoms in total. The maximum atomic E-state index is 11.9. The second-order valence-electron chi connectivity index (χ2n) is 3.34. The van der Waals surface area contributed by atoms with E-state index in [2.05, 4.69) is 20.7 Å². The largest absolute Gasteiger partial charge is 0.469 e. The van der Waals surface area contributed by atoms with Gasteiger partial charge in [-0.1, -0.05) is 28.1 Å². The summed E-state index contributed by atoms with van der Waals surface area (Å²) in [7, 11) is 1.31. The lowest BCUT2D eigenvalue weighted by Crippen LogP contribution is -2.19. The van der Waals surface area contributed by atoms with E-state index >= 15 is 0 Å². The van der Waals surface area contributed by atoms with Gasteiger partial charge in [0.05, 0.1) is 18.4 Å². The molecule has 0 N–H and O–H groups in total. The number of Topliss-reactive ketones (excluding diaryl/α,β-unsaturated/α-hetero) is 1. The summed E-state index contributed by atoms with van der Waals surface area (Å²) < 4.78 is 4.52. The highest BCUT2D eigenvalue weighted by molar-refractivity contribution is 9.10. The summed E-state index contributed by atoms with van der Waals surface area (Å²) >= 11 is 4.82. The number of rotatable bonds is 5. The van der Waals surface area contributed by atoms with Crippen molar-refractivity contribution >= 4 is 39.4 Å². The topological polar surface area (TPSA) is 43.4 Å². The lowest BCUT2D eigenvalue weighted by molar-refractivity contribution is -0.140. The molecule has 0 saturated carbocycles. The zero-order valence-electron chi connectivity index (χ0n) is 9.60. The summed E-state index contributed by atoms with van der Waals surface area (Å²) in [4.78, 5) is 23.6. The standard InChI is InChI=1S/C12H13BrO3S/c1-16-11(14)7-10(13)12(15)8-3-5-9(17-2)6-4-8/h3-6,10H,7H2,1-2H3. The number of ether oxygens (including phenoxy) is 1. The highest BCUT2D eigenvalue weighted by Crippen LogP contribution is 2.18. The Morgan fingerprint density at radius 1 is 1.35 bits per heavy atom. The predicted molar refractivity (Wildman–Crippen MR) is 71.9 cm³/mol. The molecule has 0 aliphatic heterocycles. The Morgan fingerprint density at radius 2 is 1.94 bits per heavy atom. The molecule has 0 aliphatic rings. The van der Waals surface area contributed by atoms with Crippen LogP contribution in [-0.2, 0) is 9.53 Å². The Kier molecular flexibility index (Phi) is 5.71. The maximum Gasteiger partial charge on any atom is 0.307 e. The van der Waals surface area contributed by atoms with Crippen molar-refractivity contribution < 1.29 is 14.3 Å². The first-order valence-electron chi connectivity index (χ1n) is 4.97. The van der Waals surface area contributed by atoms with E-state index in [0.29, 0.717) is 5.56 Å². The van der Waals surface area contributed by atoms with Gasteiger partial charge in [0.2, 0.25) is 0 Å². The number of hydrogen-bond donors (Lipinski definition) is 0. The Labute approximate surface area is 113 Å². The number of carbonyl (C=O) groups is 2. The van der Waals surface area contributed by atoms with Crippen LogP contribution in [0.5, 0.6) is 0 Å². The number of esters is 1. The number of benzene rings is 1. The number of carbonyl (C=O) groups excluding carboxylic acids is 2. The van der Waals surface area contributed by atoms with E-state index in [1.165, 1.54) is 7.11 Å². The van der Waals surface area contributed by atoms with E-state index < -0.39 is 10.8 Å². The first kappa shape index (κ1) is 14.3. The average molecular weight is 317 g/mol. The Morgan fingerprint density at radius 3 is 2.41 bits per heavy atom. The normalized spacial score (nSPS) is 11.9. The van der Waals surface area contributed by atoms with Crippen molar-refractivity contribution in [1.82, 2.24) is 0 Å². The summed E-state index contributed by atoms with van der Waals surface area (Å²) in [5, 5.41) is 0. The molecule has 1 unspecified atom stereocenters. The third-order valence-electron chi connectivity index (χ3n) is 2.23. The van der Waals surface area contributed by atoms with Crippen LogP contribution < -0.4 is 0 Å². The minimum atomic E-state index is -0.532. The third kappa shape index (κ3) is 4.16. The average Bonchev–Trinajstić information content (AvgIpc) is 2.37. The van der Waals surface area contributed by atoms with Crippen molar-refractivity contribution in [3.63, 3.8) is 0 Å². The molecule has 1 rings (SSSR count). The van der Waals surface area contributed by atoms with E-state index in [-0.39, 0.29) is 12.2 Å². The minimum Gasteiger partial charge on any atom is -0.469 e. The molecule has 5 heteroatoms. The number of ketones is 1. The maximum absolute atomic E-state index is 11.9. The molecule has 0 heterocycles. The Balaban J connectivity index is 2.71. The van der Waals surface area contributed by atoms with Gasteiger partial charge in [-0.25, -0.2) is 0 Å². The molecule has 0 aromatic heterocycles. The van der Waals surface area contributed by atoms with Crippen molar-refractivity contribution in [2.24, 2.45) is 0 Å². The van der Waals surface area contributed by atoms with Crippen molar-refractivity contribution in [1.29, 1.82) is 0 Å². The number of methoxy groups -OCH3 is 1. The van der Waals surface area contributed by atoms with Crippen LogP contribution in [0.15, 0.2) is 29.2 Å². The van der Waals surface area contributed by atoms with Gasteiger partial charge in [0.15, 0.2) is 5.78 Å². The molecule has 1 atom stereocenters. The number of thioether (sulfide) groups is 1. The molecular formula is C12H13BrO3S. The van der Waals surface area contributed by atoms with Crippen LogP contribution in [0.3, 0.4) is 0 Å². The van der Waals surface area contributed by atoms with E-state index in [4.69, 9.17) is 0 Å². The van der Waals surface area contributed by atoms with Gasteiger partial charge in [0.1, 0.15) is 0 Å². The van der Waals surface area contributed by atoms with Crippen molar-refractivity contribution in [2.75, 3.05) is 13.4 Å². The second-order valence-corrected chi connectivity index (χ2v) is 5.33. The van der Waals surface area contributed by atoms with Gasteiger partial charge in [-0.15, -0.1) is 11.8 Å². The van der Waals surface area contributed by atoms with Gasteiger partial charge in [0.25, 0.3) is 0 Å². The van der Waals surface area contributed by atoms with Crippen LogP contribution in [0.4, 0.5) is 0 Å². The molecule has 0 amide bonds. The van der Waals surface area contributed by atoms with Gasteiger partial charge in [-0.05, 0) is 18.4 Å². The fraction of sp³-hybridized carbons (Fsp3) is 0.333. The highest BCUT2D eigenvalue weighted by Gasteiger charge is 2.20. The molecular weight excluding hydrogens is 304 g/mol. The van der Waals surface area contributed by atoms with Crippen LogP contribution in [-0.4, -0.2) is 29.9 Å². The summed E-state index contributed by atoms with van der Waals surface area (Å²) in [6.07, 6.45) is 2.01. The molecule has 92 valence electrons. The van der Waals surface area contributed by atoms with Crippen molar-refractivity contribution in [2.45, 2.75) is 16.1 Å². The molecule has 0 fully saturated rings. The molecule has 0 bridgehead atoms. The second kappa shape index (κ2) is 6.81. The third-order valence-corrected chi connectivity index (χ3v) is 3.72. The minimum absolute atomic E-state index is 0.0413. The van der Waals surface area contributed by atoms with Gasteiger partial charge < -0.3 is 4.74 Å². The molecule has 1 aromatic carbocycles. The summed E-state index contributed by atoms with van der Waals surface area (Å²) in [5.41, 5.74) is 0.591. The summed E-state index contributed by atoms with van der Waals surface area (Å²) in [5.74, 6) is -0.510. The van der Waals surface area contributed by atoms with Crippen LogP contribution >= 0.6 is 27.7 Å². The quantitative estimate of drug-likeness (QED) is 0.362. The van der Waals surface area contributed by atoms with Gasteiger partial charge >= 0.3 is 5.97 Å². The van der Waals surface area contributed by atoms with Crippen LogP contribution in [0.25, 0.3) is 0 Å². The fourth-order valence-corrected chi connectivity index (χ4v) is 2.20. The molecule has 0 aliphatic carbocycles. The molecule has 0 spiro atoms. The molecule has 1 aromatic rings. The lowest BCUT2D eigenvalue weighted by atomic mass is 10.1. The van der Waals surface area contributed by atoms with Crippen molar-refractivity contribution in [3.05, 3.63) is 29.8 Å². The van der Waals surface area contributed by atoms with Gasteiger partial charge in [-0.2, -0.15) is 0 Å².